The van der Waals surface area contributed by atoms with Gasteiger partial charge < -0.3 is 30.2 Å². The SMILES string of the molecule is CC[C@H](C)[C@H]1C(=O)O[C@H]1C(=O)NCCC[C@H](NC(=O)[C@H](C)NC(=O)OCc1ccccc1)C(=O)OCc1ccccc1. The van der Waals surface area contributed by atoms with Gasteiger partial charge in [-0.1, -0.05) is 80.9 Å². The van der Waals surface area contributed by atoms with Gasteiger partial charge in [-0.05, 0) is 36.8 Å². The first kappa shape index (κ1) is 32.1. The van der Waals surface area contributed by atoms with Gasteiger partial charge in [0, 0.05) is 6.54 Å². The summed E-state index contributed by atoms with van der Waals surface area (Å²) in [6, 6.07) is 16.2. The molecule has 0 spiro atoms. The molecule has 0 radical (unpaired) electrons. The van der Waals surface area contributed by atoms with E-state index < -0.39 is 42.1 Å². The van der Waals surface area contributed by atoms with Gasteiger partial charge in [-0.25, -0.2) is 9.59 Å². The van der Waals surface area contributed by atoms with E-state index in [0.717, 1.165) is 17.5 Å². The third kappa shape index (κ3) is 9.60. The molecule has 42 heavy (non-hydrogen) atoms. The molecule has 1 fully saturated rings. The van der Waals surface area contributed by atoms with Crippen LogP contribution in [0, 0.1) is 11.8 Å². The lowest BCUT2D eigenvalue weighted by molar-refractivity contribution is -0.193. The average molecular weight is 582 g/mol. The summed E-state index contributed by atoms with van der Waals surface area (Å²) in [6.45, 7) is 5.57. The zero-order chi connectivity index (χ0) is 30.5. The minimum Gasteiger partial charge on any atom is -0.459 e. The Morgan fingerprint density at radius 3 is 2.05 bits per heavy atom. The Kier molecular flexibility index (Phi) is 12.3. The van der Waals surface area contributed by atoms with Gasteiger partial charge in [0.15, 0.2) is 6.10 Å². The second-order valence-corrected chi connectivity index (χ2v) is 10.3. The van der Waals surface area contributed by atoms with E-state index in [1.807, 2.05) is 62.4 Å². The Labute approximate surface area is 245 Å². The van der Waals surface area contributed by atoms with Crippen molar-refractivity contribution in [2.75, 3.05) is 6.54 Å². The van der Waals surface area contributed by atoms with Gasteiger partial charge in [0.25, 0.3) is 5.91 Å². The molecule has 3 amide bonds. The summed E-state index contributed by atoms with van der Waals surface area (Å²) in [5.41, 5.74) is 1.58. The van der Waals surface area contributed by atoms with Gasteiger partial charge in [-0.2, -0.15) is 0 Å². The molecule has 0 saturated carbocycles. The fraction of sp³-hybridized carbons (Fsp3) is 0.452. The maximum absolute atomic E-state index is 12.9. The lowest BCUT2D eigenvalue weighted by Crippen LogP contribution is -2.56. The van der Waals surface area contributed by atoms with Gasteiger partial charge in [0.05, 0.1) is 0 Å². The highest BCUT2D eigenvalue weighted by Gasteiger charge is 2.49. The fourth-order valence-corrected chi connectivity index (χ4v) is 4.33. The fourth-order valence-electron chi connectivity index (χ4n) is 4.33. The molecule has 0 bridgehead atoms. The maximum Gasteiger partial charge on any atom is 0.408 e. The van der Waals surface area contributed by atoms with Crippen molar-refractivity contribution in [2.45, 2.75) is 71.4 Å². The van der Waals surface area contributed by atoms with Crippen LogP contribution in [-0.2, 0) is 46.6 Å². The number of carbonyl (C=O) groups excluding carboxylic acids is 5. The smallest absolute Gasteiger partial charge is 0.408 e. The molecule has 2 aromatic carbocycles. The van der Waals surface area contributed by atoms with Crippen molar-refractivity contribution in [3.63, 3.8) is 0 Å². The molecular weight excluding hydrogens is 542 g/mol. The first-order valence-electron chi connectivity index (χ1n) is 14.2. The van der Waals surface area contributed by atoms with Crippen LogP contribution in [-0.4, -0.2) is 54.6 Å². The Morgan fingerprint density at radius 2 is 1.48 bits per heavy atom. The van der Waals surface area contributed by atoms with E-state index in [-0.39, 0.29) is 44.0 Å². The highest BCUT2D eigenvalue weighted by Crippen LogP contribution is 2.31. The summed E-state index contributed by atoms with van der Waals surface area (Å²) < 4.78 is 15.7. The number of alkyl carbamates (subject to hydrolysis) is 1. The van der Waals surface area contributed by atoms with Crippen LogP contribution in [0.4, 0.5) is 4.79 Å². The molecule has 1 saturated heterocycles. The van der Waals surface area contributed by atoms with Crippen molar-refractivity contribution in [1.29, 1.82) is 0 Å². The van der Waals surface area contributed by atoms with Crippen molar-refractivity contribution in [3.05, 3.63) is 71.8 Å². The zero-order valence-corrected chi connectivity index (χ0v) is 24.2. The van der Waals surface area contributed by atoms with Gasteiger partial charge in [0.2, 0.25) is 5.91 Å². The van der Waals surface area contributed by atoms with E-state index in [1.165, 1.54) is 6.92 Å². The Balaban J connectivity index is 1.51. The second kappa shape index (κ2) is 16.1. The monoisotopic (exact) mass is 581 g/mol. The Bertz CT molecular complexity index is 1210. The van der Waals surface area contributed by atoms with E-state index in [9.17, 15) is 24.0 Å². The molecule has 11 heteroatoms. The number of hydrogen-bond acceptors (Lipinski definition) is 8. The summed E-state index contributed by atoms with van der Waals surface area (Å²) in [4.78, 5) is 62.4. The van der Waals surface area contributed by atoms with Crippen molar-refractivity contribution >= 4 is 29.8 Å². The molecule has 0 aliphatic carbocycles. The zero-order valence-electron chi connectivity index (χ0n) is 24.2. The van der Waals surface area contributed by atoms with Crippen LogP contribution in [0.15, 0.2) is 60.7 Å². The quantitative estimate of drug-likeness (QED) is 0.165. The van der Waals surface area contributed by atoms with Gasteiger partial charge in [-0.3, -0.25) is 14.4 Å². The lowest BCUT2D eigenvalue weighted by Gasteiger charge is -2.37. The summed E-state index contributed by atoms with van der Waals surface area (Å²) in [7, 11) is 0. The maximum atomic E-state index is 12.9. The first-order chi connectivity index (χ1) is 20.2. The van der Waals surface area contributed by atoms with Crippen molar-refractivity contribution < 1.29 is 38.2 Å². The standard InChI is InChI=1S/C31H39N3O8/c1-4-20(2)25-26(42-30(25)38)28(36)32-17-11-16-24(29(37)40-18-22-12-7-5-8-13-22)34-27(35)21(3)33-31(39)41-19-23-14-9-6-10-15-23/h5-10,12-15,20-21,24-26H,4,11,16-19H2,1-3H3,(H,32,36)(H,33,39)(H,34,35)/t20-,21-,24-,25+,26+/m0/s1. The molecule has 226 valence electrons. The second-order valence-electron chi connectivity index (χ2n) is 10.3. The number of nitrogens with one attached hydrogen (secondary N) is 3. The predicted molar refractivity (Wildman–Crippen MR) is 152 cm³/mol. The summed E-state index contributed by atoms with van der Waals surface area (Å²) in [6.07, 6.45) is -0.377. The number of amides is 3. The van der Waals surface area contributed by atoms with E-state index in [0.29, 0.717) is 6.42 Å². The third-order valence-electron chi connectivity index (χ3n) is 7.09. The molecule has 0 unspecified atom stereocenters. The van der Waals surface area contributed by atoms with Crippen LogP contribution < -0.4 is 16.0 Å². The minimum absolute atomic E-state index is 0.0203. The number of rotatable bonds is 15. The number of hydrogen-bond donors (Lipinski definition) is 3. The molecule has 2 aromatic rings. The van der Waals surface area contributed by atoms with Gasteiger partial charge in [0.1, 0.15) is 31.2 Å². The van der Waals surface area contributed by atoms with Gasteiger partial charge in [-0.15, -0.1) is 0 Å². The third-order valence-corrected chi connectivity index (χ3v) is 7.09. The summed E-state index contributed by atoms with van der Waals surface area (Å²) in [5.74, 6) is -2.47. The van der Waals surface area contributed by atoms with Crippen LogP contribution >= 0.6 is 0 Å². The topological polar surface area (TPSA) is 149 Å². The normalized spacial score (nSPS) is 17.8. The first-order valence-corrected chi connectivity index (χ1v) is 14.2. The van der Waals surface area contributed by atoms with Crippen LogP contribution in [0.5, 0.6) is 0 Å². The van der Waals surface area contributed by atoms with E-state index in [4.69, 9.17) is 14.2 Å². The van der Waals surface area contributed by atoms with Crippen LogP contribution in [0.25, 0.3) is 0 Å². The number of carbonyl (C=O) groups is 5. The van der Waals surface area contributed by atoms with Crippen LogP contribution in [0.2, 0.25) is 0 Å². The summed E-state index contributed by atoms with van der Waals surface area (Å²) in [5, 5.41) is 7.83. The Hall–Kier alpha value is -4.41. The number of benzene rings is 2. The number of cyclic esters (lactones) is 1. The van der Waals surface area contributed by atoms with Crippen molar-refractivity contribution in [2.24, 2.45) is 11.8 Å². The lowest BCUT2D eigenvalue weighted by atomic mass is 9.83. The average Bonchev–Trinajstić information content (AvgIpc) is 2.99. The molecule has 11 nitrogen and oxygen atoms in total. The van der Waals surface area contributed by atoms with Crippen molar-refractivity contribution in [3.8, 4) is 0 Å². The van der Waals surface area contributed by atoms with Crippen LogP contribution in [0.1, 0.15) is 51.2 Å². The predicted octanol–water partition coefficient (Wildman–Crippen LogP) is 3.01. The minimum atomic E-state index is -1.03. The highest BCUT2D eigenvalue weighted by molar-refractivity contribution is 5.94. The molecule has 3 N–H and O–H groups in total. The highest BCUT2D eigenvalue weighted by atomic mass is 16.6. The number of esters is 2. The Morgan fingerprint density at radius 1 is 0.881 bits per heavy atom. The van der Waals surface area contributed by atoms with Crippen LogP contribution in [0.3, 0.4) is 0 Å². The molecule has 1 aliphatic heterocycles. The molecule has 0 aromatic heterocycles. The van der Waals surface area contributed by atoms with E-state index in [1.54, 1.807) is 12.1 Å². The van der Waals surface area contributed by atoms with Gasteiger partial charge >= 0.3 is 18.0 Å². The van der Waals surface area contributed by atoms with E-state index in [2.05, 4.69) is 16.0 Å². The van der Waals surface area contributed by atoms with Crippen molar-refractivity contribution in [1.82, 2.24) is 16.0 Å². The molecule has 3 rings (SSSR count). The number of ether oxygens (including phenoxy) is 3. The molecule has 1 heterocycles. The largest absolute Gasteiger partial charge is 0.459 e. The molecular formula is C31H39N3O8. The van der Waals surface area contributed by atoms with E-state index >= 15 is 0 Å². The molecule has 1 aliphatic rings. The molecule has 5 atom stereocenters. The summed E-state index contributed by atoms with van der Waals surface area (Å²) >= 11 is 0.